The van der Waals surface area contributed by atoms with Gasteiger partial charge in [0.15, 0.2) is 0 Å². The van der Waals surface area contributed by atoms with Gasteiger partial charge in [0.1, 0.15) is 0 Å². The van der Waals surface area contributed by atoms with Crippen LogP contribution < -0.4 is 0 Å². The Bertz CT molecular complexity index is 363. The first kappa shape index (κ1) is 12.1. The van der Waals surface area contributed by atoms with Gasteiger partial charge in [-0.25, -0.2) is 0 Å². The quantitative estimate of drug-likeness (QED) is 0.627. The Labute approximate surface area is 83.1 Å². The molecule has 0 saturated heterocycles. The Morgan fingerprint density at radius 2 is 1.93 bits per heavy atom. The molecule has 0 aromatic carbocycles. The van der Waals surface area contributed by atoms with Crippen LogP contribution in [0.5, 0.6) is 0 Å². The van der Waals surface area contributed by atoms with E-state index in [4.69, 9.17) is 10.2 Å². The van der Waals surface area contributed by atoms with Gasteiger partial charge >= 0.3 is 5.97 Å². The molecule has 14 heavy (non-hydrogen) atoms. The molecule has 2 N–H and O–H groups in total. The van der Waals surface area contributed by atoms with Crippen molar-refractivity contribution >= 4 is 5.97 Å². The maximum absolute atomic E-state index is 10.1. The van der Waals surface area contributed by atoms with Gasteiger partial charge in [0.25, 0.3) is 0 Å². The van der Waals surface area contributed by atoms with Crippen LogP contribution in [-0.4, -0.2) is 22.3 Å². The van der Waals surface area contributed by atoms with E-state index in [-0.39, 0.29) is 12.8 Å². The van der Waals surface area contributed by atoms with Gasteiger partial charge in [-0.1, -0.05) is 11.8 Å². The van der Waals surface area contributed by atoms with Gasteiger partial charge in [-0.2, -0.15) is 0 Å². The number of aliphatic hydroxyl groups excluding tert-OH is 1. The van der Waals surface area contributed by atoms with Gasteiger partial charge in [-0.3, -0.25) is 4.79 Å². The average Bonchev–Trinajstić information content (AvgIpc) is 2.10. The minimum Gasteiger partial charge on any atom is -0.481 e. The van der Waals surface area contributed by atoms with E-state index in [2.05, 4.69) is 35.5 Å². The molecule has 0 aliphatic carbocycles. The molecule has 3 nitrogen and oxygen atoms in total. The van der Waals surface area contributed by atoms with Crippen LogP contribution in [0.25, 0.3) is 0 Å². The third-order valence-corrected chi connectivity index (χ3v) is 1.15. The van der Waals surface area contributed by atoms with Gasteiger partial charge in [0.2, 0.25) is 0 Å². The predicted octanol–water partition coefficient (Wildman–Crippen LogP) is 0.242. The average molecular weight is 190 g/mol. The van der Waals surface area contributed by atoms with E-state index in [1.54, 1.807) is 6.92 Å². The molecule has 0 spiro atoms. The number of rotatable bonds is 3. The van der Waals surface area contributed by atoms with Crippen molar-refractivity contribution in [1.82, 2.24) is 0 Å². The summed E-state index contributed by atoms with van der Waals surface area (Å²) in [5, 5.41) is 17.4. The molecule has 0 aromatic rings. The van der Waals surface area contributed by atoms with E-state index in [1.165, 1.54) is 0 Å². The van der Waals surface area contributed by atoms with Crippen molar-refractivity contribution in [3.05, 3.63) is 0 Å². The number of hydrogen-bond acceptors (Lipinski definition) is 2. The third kappa shape index (κ3) is 8.21. The van der Waals surface area contributed by atoms with Crippen LogP contribution in [0.15, 0.2) is 0 Å². The Balaban J connectivity index is 3.86. The highest BCUT2D eigenvalue weighted by molar-refractivity contribution is 5.67. The summed E-state index contributed by atoms with van der Waals surface area (Å²) >= 11 is 0. The molecule has 0 saturated carbocycles. The first-order chi connectivity index (χ1) is 6.66. The second-order valence-electron chi connectivity index (χ2n) is 2.38. The van der Waals surface area contributed by atoms with E-state index >= 15 is 0 Å². The third-order valence-electron chi connectivity index (χ3n) is 1.15. The van der Waals surface area contributed by atoms with Crippen LogP contribution in [0, 0.1) is 35.5 Å². The first-order valence-electron chi connectivity index (χ1n) is 3.96. The first-order valence-corrected chi connectivity index (χ1v) is 3.96. The summed E-state index contributed by atoms with van der Waals surface area (Å²) in [6, 6.07) is 0. The molecule has 0 radical (unpaired) electrons. The van der Waals surface area contributed by atoms with Crippen LogP contribution in [0.1, 0.15) is 19.8 Å². The van der Waals surface area contributed by atoms with E-state index in [1.807, 2.05) is 0 Å². The number of aliphatic carboxylic acids is 1. The van der Waals surface area contributed by atoms with Gasteiger partial charge in [0, 0.05) is 6.42 Å². The number of carboxylic acids is 1. The topological polar surface area (TPSA) is 57.5 Å². The highest BCUT2D eigenvalue weighted by Crippen LogP contribution is 1.95. The predicted molar refractivity (Wildman–Crippen MR) is 51.9 cm³/mol. The van der Waals surface area contributed by atoms with Crippen LogP contribution in [0.3, 0.4) is 0 Å². The Morgan fingerprint density at radius 3 is 2.50 bits per heavy atom. The fourth-order valence-electron chi connectivity index (χ4n) is 0.612. The maximum atomic E-state index is 10.1. The molecule has 0 aliphatic heterocycles. The lowest BCUT2D eigenvalue weighted by Gasteiger charge is -1.99. The normalized spacial score (nSPS) is 9.29. The molecule has 72 valence electrons. The molecule has 3 heteroatoms. The van der Waals surface area contributed by atoms with Crippen LogP contribution >= 0.6 is 0 Å². The lowest BCUT2D eigenvalue weighted by Crippen LogP contribution is -2.11. The van der Waals surface area contributed by atoms with Crippen molar-refractivity contribution in [3.63, 3.8) is 0 Å². The van der Waals surface area contributed by atoms with Gasteiger partial charge in [0.05, 0.1) is 12.5 Å². The molecule has 0 heterocycles. The zero-order chi connectivity index (χ0) is 10.8. The highest BCUT2D eigenvalue weighted by atomic mass is 16.4. The fourth-order valence-corrected chi connectivity index (χ4v) is 0.612. The van der Waals surface area contributed by atoms with Crippen LogP contribution in [-0.2, 0) is 4.79 Å². The summed E-state index contributed by atoms with van der Waals surface area (Å²) in [5.41, 5.74) is 0. The van der Waals surface area contributed by atoms with Crippen molar-refractivity contribution in [2.24, 2.45) is 0 Å². The molecule has 1 atom stereocenters. The second kappa shape index (κ2) is 7.74. The summed E-state index contributed by atoms with van der Waals surface area (Å²) in [6.07, 6.45) is -1.11. The Morgan fingerprint density at radius 1 is 1.29 bits per heavy atom. The molecule has 0 unspecified atom stereocenters. The lowest BCUT2D eigenvalue weighted by atomic mass is 10.2. The monoisotopic (exact) mass is 190 g/mol. The molecule has 0 aromatic heterocycles. The zero-order valence-electron chi connectivity index (χ0n) is 7.79. The Kier molecular flexibility index (Phi) is 6.70. The maximum Gasteiger partial charge on any atom is 0.306 e. The summed E-state index contributed by atoms with van der Waals surface area (Å²) in [4.78, 5) is 10.1. The molecule has 0 fully saturated rings. The van der Waals surface area contributed by atoms with Gasteiger partial charge in [-0.15, -0.1) is 0 Å². The fraction of sp³-hybridized carbons (Fsp3) is 0.364. The molecular formula is C11H10O3. The Hall–Kier alpha value is -1.89. The van der Waals surface area contributed by atoms with E-state index < -0.39 is 12.1 Å². The van der Waals surface area contributed by atoms with Crippen LogP contribution in [0.4, 0.5) is 0 Å². The van der Waals surface area contributed by atoms with Crippen molar-refractivity contribution in [1.29, 1.82) is 0 Å². The van der Waals surface area contributed by atoms with E-state index in [0.29, 0.717) is 0 Å². The van der Waals surface area contributed by atoms with E-state index in [9.17, 15) is 4.79 Å². The molecule has 0 amide bonds. The molecule has 0 aliphatic rings. The number of carbonyl (C=O) groups is 1. The standard InChI is InChI=1S/C11H10O3/c1-2-3-4-5-6-7-8-10(12)9-11(13)14/h10,12H,8-9H2,1H3,(H,13,14)/t10-/m0/s1. The summed E-state index contributed by atoms with van der Waals surface area (Å²) in [7, 11) is 0. The van der Waals surface area contributed by atoms with Crippen molar-refractivity contribution < 1.29 is 15.0 Å². The molecule has 0 bridgehead atoms. The zero-order valence-corrected chi connectivity index (χ0v) is 7.79. The number of hydrogen-bond donors (Lipinski definition) is 2. The van der Waals surface area contributed by atoms with Crippen LogP contribution in [0.2, 0.25) is 0 Å². The summed E-state index contributed by atoms with van der Waals surface area (Å²) < 4.78 is 0. The molecular weight excluding hydrogens is 180 g/mol. The number of carboxylic acid groups (broad SMARTS) is 1. The van der Waals surface area contributed by atoms with Crippen molar-refractivity contribution in [2.45, 2.75) is 25.9 Å². The second-order valence-corrected chi connectivity index (χ2v) is 2.38. The van der Waals surface area contributed by atoms with Crippen molar-refractivity contribution in [2.75, 3.05) is 0 Å². The van der Waals surface area contributed by atoms with Gasteiger partial charge < -0.3 is 10.2 Å². The largest absolute Gasteiger partial charge is 0.481 e. The minimum atomic E-state index is -1.04. The molecule has 0 rings (SSSR count). The lowest BCUT2D eigenvalue weighted by molar-refractivity contribution is -0.139. The smallest absolute Gasteiger partial charge is 0.306 e. The summed E-state index contributed by atoms with van der Waals surface area (Å²) in [6.45, 7) is 1.67. The minimum absolute atomic E-state index is 0.112. The van der Waals surface area contributed by atoms with Gasteiger partial charge in [-0.05, 0) is 30.6 Å². The summed E-state index contributed by atoms with van der Waals surface area (Å²) in [5.74, 6) is 14.0. The van der Waals surface area contributed by atoms with Crippen molar-refractivity contribution in [3.8, 4) is 35.5 Å². The van der Waals surface area contributed by atoms with E-state index in [0.717, 1.165) is 0 Å². The number of aliphatic hydroxyl groups is 1. The SMILES string of the molecule is CC#CC#CC#CC[C@H](O)CC(=O)O. The highest BCUT2D eigenvalue weighted by Gasteiger charge is 2.06.